The van der Waals surface area contributed by atoms with Crippen LogP contribution in [0.3, 0.4) is 0 Å². The highest BCUT2D eigenvalue weighted by Crippen LogP contribution is 2.24. The van der Waals surface area contributed by atoms with E-state index in [2.05, 4.69) is 26.4 Å². The Balaban J connectivity index is 2.22. The Morgan fingerprint density at radius 3 is 2.75 bits per heavy atom. The van der Waals surface area contributed by atoms with Gasteiger partial charge < -0.3 is 9.84 Å². The van der Waals surface area contributed by atoms with E-state index in [4.69, 9.17) is 16.1 Å². The number of aryl methyl sites for hydroxylation is 2. The molecule has 1 aromatic carbocycles. The van der Waals surface area contributed by atoms with Crippen LogP contribution in [0.5, 0.6) is 0 Å². The van der Waals surface area contributed by atoms with E-state index in [1.807, 2.05) is 20.8 Å². The number of halogens is 2. The van der Waals surface area contributed by atoms with Gasteiger partial charge in [-0.25, -0.2) is 0 Å². The van der Waals surface area contributed by atoms with E-state index >= 15 is 0 Å². The molecule has 0 saturated carbocycles. The average molecular weight is 358 g/mol. The zero-order chi connectivity index (χ0) is 14.9. The third-order valence-electron chi connectivity index (χ3n) is 3.04. The Morgan fingerprint density at radius 1 is 1.45 bits per heavy atom. The summed E-state index contributed by atoms with van der Waals surface area (Å²) in [4.78, 5) is 12.3. The van der Waals surface area contributed by atoms with Crippen molar-refractivity contribution >= 4 is 33.4 Å². The van der Waals surface area contributed by atoms with E-state index < -0.39 is 0 Å². The first-order valence-corrected chi connectivity index (χ1v) is 7.26. The number of hydrogen-bond acceptors (Lipinski definition) is 3. The summed E-state index contributed by atoms with van der Waals surface area (Å²) in [6, 6.07) is 4.96. The second-order valence-electron chi connectivity index (χ2n) is 4.56. The molecule has 0 radical (unpaired) electrons. The Labute approximate surface area is 130 Å². The number of carbonyl (C=O) groups is 1. The Morgan fingerprint density at radius 2 is 2.15 bits per heavy atom. The lowest BCUT2D eigenvalue weighted by Gasteiger charge is -2.14. The number of benzene rings is 1. The van der Waals surface area contributed by atoms with E-state index in [1.165, 1.54) is 0 Å². The quantitative estimate of drug-likeness (QED) is 0.895. The summed E-state index contributed by atoms with van der Waals surface area (Å²) in [6.45, 7) is 5.56. The van der Waals surface area contributed by atoms with Gasteiger partial charge in [-0.15, -0.1) is 0 Å². The number of hydrogen-bond donors (Lipinski definition) is 1. The predicted molar refractivity (Wildman–Crippen MR) is 81.0 cm³/mol. The van der Waals surface area contributed by atoms with E-state index in [0.717, 1.165) is 15.7 Å². The highest BCUT2D eigenvalue weighted by Gasteiger charge is 2.20. The maximum atomic E-state index is 12.3. The standard InChI is InChI=1S/C14H14BrClN2O2/c1-7(13-8(2)18-20-9(13)3)17-14(19)11-6-10(15)4-5-12(11)16/h4-7H,1-3H3,(H,17,19). The lowest BCUT2D eigenvalue weighted by atomic mass is 10.1. The molecule has 1 heterocycles. The second-order valence-corrected chi connectivity index (χ2v) is 5.88. The van der Waals surface area contributed by atoms with Crippen molar-refractivity contribution in [2.24, 2.45) is 0 Å². The molecule has 106 valence electrons. The lowest BCUT2D eigenvalue weighted by molar-refractivity contribution is 0.0940. The topological polar surface area (TPSA) is 55.1 Å². The molecule has 1 amide bonds. The number of nitrogens with one attached hydrogen (secondary N) is 1. The van der Waals surface area contributed by atoms with Crippen LogP contribution in [0.15, 0.2) is 27.2 Å². The summed E-state index contributed by atoms with van der Waals surface area (Å²) in [7, 11) is 0. The molecule has 1 unspecified atom stereocenters. The van der Waals surface area contributed by atoms with Crippen molar-refractivity contribution in [3.63, 3.8) is 0 Å². The van der Waals surface area contributed by atoms with Crippen LogP contribution in [0.1, 0.15) is 40.3 Å². The zero-order valence-corrected chi connectivity index (χ0v) is 13.7. The number of carbonyl (C=O) groups excluding carboxylic acids is 1. The maximum absolute atomic E-state index is 12.3. The first kappa shape index (κ1) is 15.1. The summed E-state index contributed by atoms with van der Waals surface area (Å²) in [5.74, 6) is 0.472. The fraction of sp³-hybridized carbons (Fsp3) is 0.286. The average Bonchev–Trinajstić information content (AvgIpc) is 2.71. The van der Waals surface area contributed by atoms with Crippen LogP contribution < -0.4 is 5.32 Å². The van der Waals surface area contributed by atoms with Gasteiger partial charge in [0, 0.05) is 10.0 Å². The van der Waals surface area contributed by atoms with E-state index in [0.29, 0.717) is 16.3 Å². The van der Waals surface area contributed by atoms with Gasteiger partial charge in [-0.3, -0.25) is 4.79 Å². The predicted octanol–water partition coefficient (Wildman–Crippen LogP) is 4.20. The van der Waals surface area contributed by atoms with E-state index in [9.17, 15) is 4.79 Å². The van der Waals surface area contributed by atoms with Gasteiger partial charge in [0.25, 0.3) is 5.91 Å². The van der Waals surface area contributed by atoms with Crippen LogP contribution in [0.25, 0.3) is 0 Å². The molecule has 1 aromatic heterocycles. The molecule has 2 aromatic rings. The van der Waals surface area contributed by atoms with Gasteiger partial charge in [0.2, 0.25) is 0 Å². The summed E-state index contributed by atoms with van der Waals surface area (Å²) < 4.78 is 5.91. The van der Waals surface area contributed by atoms with Gasteiger partial charge in [0.15, 0.2) is 0 Å². The monoisotopic (exact) mass is 356 g/mol. The van der Waals surface area contributed by atoms with Crippen LogP contribution in [0.2, 0.25) is 5.02 Å². The molecule has 1 atom stereocenters. The molecule has 0 aliphatic heterocycles. The van der Waals surface area contributed by atoms with Gasteiger partial charge >= 0.3 is 0 Å². The minimum Gasteiger partial charge on any atom is -0.361 e. The highest BCUT2D eigenvalue weighted by atomic mass is 79.9. The van der Waals surface area contributed by atoms with Crippen LogP contribution in [-0.2, 0) is 0 Å². The number of rotatable bonds is 3. The molecular formula is C14H14BrClN2O2. The minimum atomic E-state index is -0.233. The number of amides is 1. The van der Waals surface area contributed by atoms with Crippen molar-refractivity contribution in [3.8, 4) is 0 Å². The number of aromatic nitrogens is 1. The summed E-state index contributed by atoms with van der Waals surface area (Å²) in [5.41, 5.74) is 2.10. The molecule has 20 heavy (non-hydrogen) atoms. The molecule has 4 nitrogen and oxygen atoms in total. The molecule has 2 rings (SSSR count). The molecule has 1 N–H and O–H groups in total. The van der Waals surface area contributed by atoms with Crippen LogP contribution in [0, 0.1) is 13.8 Å². The largest absolute Gasteiger partial charge is 0.361 e. The first-order chi connectivity index (χ1) is 9.40. The van der Waals surface area contributed by atoms with Crippen molar-refractivity contribution in [2.75, 3.05) is 0 Å². The Bertz CT molecular complexity index is 635. The minimum absolute atomic E-state index is 0.205. The third-order valence-corrected chi connectivity index (χ3v) is 3.87. The molecule has 0 spiro atoms. The van der Waals surface area contributed by atoms with Crippen LogP contribution in [-0.4, -0.2) is 11.1 Å². The van der Waals surface area contributed by atoms with Gasteiger partial charge in [0.05, 0.1) is 22.3 Å². The van der Waals surface area contributed by atoms with Crippen LogP contribution >= 0.6 is 27.5 Å². The van der Waals surface area contributed by atoms with Crippen molar-refractivity contribution < 1.29 is 9.32 Å². The lowest BCUT2D eigenvalue weighted by Crippen LogP contribution is -2.27. The van der Waals surface area contributed by atoms with Gasteiger partial charge in [0.1, 0.15) is 5.76 Å². The van der Waals surface area contributed by atoms with Crippen molar-refractivity contribution in [2.45, 2.75) is 26.8 Å². The van der Waals surface area contributed by atoms with Crippen LogP contribution in [0.4, 0.5) is 0 Å². The number of nitrogens with zero attached hydrogens (tertiary/aromatic N) is 1. The van der Waals surface area contributed by atoms with Gasteiger partial charge in [-0.05, 0) is 39.0 Å². The van der Waals surface area contributed by atoms with E-state index in [1.54, 1.807) is 18.2 Å². The third kappa shape index (κ3) is 3.04. The van der Waals surface area contributed by atoms with Gasteiger partial charge in [-0.2, -0.15) is 0 Å². The molecule has 0 aliphatic carbocycles. The highest BCUT2D eigenvalue weighted by molar-refractivity contribution is 9.10. The first-order valence-electron chi connectivity index (χ1n) is 6.09. The molecular weight excluding hydrogens is 344 g/mol. The SMILES string of the molecule is Cc1noc(C)c1C(C)NC(=O)c1cc(Br)ccc1Cl. The fourth-order valence-corrected chi connectivity index (χ4v) is 2.69. The fourth-order valence-electron chi connectivity index (χ4n) is 2.13. The molecule has 0 saturated heterocycles. The molecule has 0 fully saturated rings. The maximum Gasteiger partial charge on any atom is 0.253 e. The summed E-state index contributed by atoms with van der Waals surface area (Å²) in [5, 5.41) is 7.21. The molecule has 0 aliphatic rings. The Kier molecular flexibility index (Phi) is 4.50. The van der Waals surface area contributed by atoms with Crippen molar-refractivity contribution in [1.82, 2.24) is 10.5 Å². The smallest absolute Gasteiger partial charge is 0.253 e. The van der Waals surface area contributed by atoms with Crippen molar-refractivity contribution in [3.05, 3.63) is 50.3 Å². The normalized spacial score (nSPS) is 12.2. The zero-order valence-electron chi connectivity index (χ0n) is 11.3. The molecule has 6 heteroatoms. The summed E-state index contributed by atoms with van der Waals surface area (Å²) >= 11 is 9.38. The van der Waals surface area contributed by atoms with Crippen molar-refractivity contribution in [1.29, 1.82) is 0 Å². The molecule has 0 bridgehead atoms. The van der Waals surface area contributed by atoms with Gasteiger partial charge in [-0.1, -0.05) is 32.7 Å². The summed E-state index contributed by atoms with van der Waals surface area (Å²) in [6.07, 6.45) is 0. The van der Waals surface area contributed by atoms with E-state index in [-0.39, 0.29) is 11.9 Å². The second kappa shape index (κ2) is 5.97. The Hall–Kier alpha value is -1.33.